The maximum Gasteiger partial charge on any atom is 0.243 e. The Hall–Kier alpha value is -1.96. The molecule has 25 heavy (non-hydrogen) atoms. The lowest BCUT2D eigenvalue weighted by Gasteiger charge is -2.22. The molecule has 0 radical (unpaired) electrons. The third kappa shape index (κ3) is 2.92. The summed E-state index contributed by atoms with van der Waals surface area (Å²) in [6.07, 6.45) is 1.39. The number of imidazole rings is 1. The van der Waals surface area contributed by atoms with E-state index in [1.807, 2.05) is 0 Å². The number of benzene rings is 2. The van der Waals surface area contributed by atoms with Crippen molar-refractivity contribution in [3.05, 3.63) is 59.1 Å². The second-order valence-electron chi connectivity index (χ2n) is 6.01. The number of aromatic nitrogens is 2. The Balaban J connectivity index is 1.74. The van der Waals surface area contributed by atoms with Crippen LogP contribution >= 0.6 is 11.6 Å². The minimum atomic E-state index is -3.69. The predicted octanol–water partition coefficient (Wildman–Crippen LogP) is 3.88. The Morgan fingerprint density at radius 1 is 1.24 bits per heavy atom. The Kier molecular flexibility index (Phi) is 4.02. The molecule has 1 fully saturated rings. The van der Waals surface area contributed by atoms with E-state index in [9.17, 15) is 12.8 Å². The summed E-state index contributed by atoms with van der Waals surface area (Å²) in [7, 11) is -3.69. The molecule has 0 spiro atoms. The molecule has 5 nitrogen and oxygen atoms in total. The molecule has 2 aromatic carbocycles. The number of rotatable bonds is 3. The first-order chi connectivity index (χ1) is 11.9. The molecule has 1 saturated heterocycles. The molecule has 0 bridgehead atoms. The summed E-state index contributed by atoms with van der Waals surface area (Å²) >= 11 is 5.94. The Morgan fingerprint density at radius 3 is 2.88 bits per heavy atom. The van der Waals surface area contributed by atoms with E-state index in [4.69, 9.17) is 11.6 Å². The Bertz CT molecular complexity index is 1050. The first-order valence-electron chi connectivity index (χ1n) is 7.88. The molecule has 0 amide bonds. The SMILES string of the molecule is O=S(=O)(c1cccc(Cl)c1)N1CCCC1c1nc2ccc(F)cc2[nH]1. The third-order valence-electron chi connectivity index (χ3n) is 4.38. The highest BCUT2D eigenvalue weighted by molar-refractivity contribution is 7.89. The number of fused-ring (bicyclic) bond motifs is 1. The van der Waals surface area contributed by atoms with Gasteiger partial charge in [0.1, 0.15) is 11.6 Å². The molecule has 2 heterocycles. The zero-order valence-electron chi connectivity index (χ0n) is 13.1. The fraction of sp³-hybridized carbons (Fsp3) is 0.235. The Morgan fingerprint density at radius 2 is 2.08 bits per heavy atom. The molecule has 1 aromatic heterocycles. The van der Waals surface area contributed by atoms with Crippen LogP contribution in [0, 0.1) is 5.82 Å². The molecule has 1 atom stereocenters. The van der Waals surface area contributed by atoms with Crippen molar-refractivity contribution in [1.82, 2.24) is 14.3 Å². The Labute approximate surface area is 149 Å². The maximum absolute atomic E-state index is 13.4. The number of hydrogen-bond donors (Lipinski definition) is 1. The number of nitrogens with zero attached hydrogens (tertiary/aromatic N) is 2. The van der Waals surface area contributed by atoms with Gasteiger partial charge in [0.15, 0.2) is 0 Å². The monoisotopic (exact) mass is 379 g/mol. The molecule has 1 unspecified atom stereocenters. The van der Waals surface area contributed by atoms with E-state index in [-0.39, 0.29) is 10.7 Å². The van der Waals surface area contributed by atoms with Gasteiger partial charge < -0.3 is 4.98 Å². The summed E-state index contributed by atoms with van der Waals surface area (Å²) in [4.78, 5) is 7.68. The molecule has 3 aromatic rings. The number of hydrogen-bond acceptors (Lipinski definition) is 3. The van der Waals surface area contributed by atoms with Crippen LogP contribution in [0.15, 0.2) is 47.4 Å². The van der Waals surface area contributed by atoms with Gasteiger partial charge >= 0.3 is 0 Å². The van der Waals surface area contributed by atoms with Gasteiger partial charge in [0.05, 0.1) is 22.0 Å². The van der Waals surface area contributed by atoms with Gasteiger partial charge in [0.2, 0.25) is 10.0 Å². The van der Waals surface area contributed by atoms with Gasteiger partial charge in [0.25, 0.3) is 0 Å². The lowest BCUT2D eigenvalue weighted by atomic mass is 10.2. The van der Waals surface area contributed by atoms with Crippen LogP contribution in [0.1, 0.15) is 24.7 Å². The first-order valence-corrected chi connectivity index (χ1v) is 9.69. The summed E-state index contributed by atoms with van der Waals surface area (Å²) in [5.41, 5.74) is 1.17. The predicted molar refractivity (Wildman–Crippen MR) is 93.4 cm³/mol. The lowest BCUT2D eigenvalue weighted by molar-refractivity contribution is 0.385. The highest BCUT2D eigenvalue weighted by Gasteiger charge is 2.37. The number of sulfonamides is 1. The van der Waals surface area contributed by atoms with Crippen molar-refractivity contribution in [2.75, 3.05) is 6.54 Å². The van der Waals surface area contributed by atoms with Crippen LogP contribution in [-0.2, 0) is 10.0 Å². The van der Waals surface area contributed by atoms with Crippen LogP contribution in [0.5, 0.6) is 0 Å². The quantitative estimate of drug-likeness (QED) is 0.751. The summed E-state index contributed by atoms with van der Waals surface area (Å²) in [5.74, 6) is 0.168. The lowest BCUT2D eigenvalue weighted by Crippen LogP contribution is -2.31. The molecule has 1 N–H and O–H groups in total. The standard InChI is InChI=1S/C17H15ClFN3O2S/c18-11-3-1-4-13(9-11)25(23,24)22-8-2-5-16(22)17-20-14-7-6-12(19)10-15(14)21-17/h1,3-4,6-7,9-10,16H,2,5,8H2,(H,20,21). The third-order valence-corrected chi connectivity index (χ3v) is 6.52. The van der Waals surface area contributed by atoms with Gasteiger partial charge in [-0.1, -0.05) is 17.7 Å². The average Bonchev–Trinajstić information content (AvgIpc) is 3.21. The number of H-pyrrole nitrogens is 1. The number of nitrogens with one attached hydrogen (secondary N) is 1. The second-order valence-corrected chi connectivity index (χ2v) is 8.34. The molecule has 0 aliphatic carbocycles. The topological polar surface area (TPSA) is 66.1 Å². The van der Waals surface area contributed by atoms with Gasteiger partial charge in [0, 0.05) is 11.6 Å². The van der Waals surface area contributed by atoms with Crippen molar-refractivity contribution < 1.29 is 12.8 Å². The smallest absolute Gasteiger partial charge is 0.243 e. The van der Waals surface area contributed by atoms with Crippen molar-refractivity contribution in [2.24, 2.45) is 0 Å². The van der Waals surface area contributed by atoms with E-state index in [0.717, 1.165) is 6.42 Å². The van der Waals surface area contributed by atoms with E-state index in [1.54, 1.807) is 18.2 Å². The fourth-order valence-corrected chi connectivity index (χ4v) is 5.19. The van der Waals surface area contributed by atoms with Gasteiger partial charge in [-0.2, -0.15) is 4.31 Å². The van der Waals surface area contributed by atoms with Crippen LogP contribution in [0.25, 0.3) is 11.0 Å². The van der Waals surface area contributed by atoms with Gasteiger partial charge in [-0.25, -0.2) is 17.8 Å². The van der Waals surface area contributed by atoms with E-state index >= 15 is 0 Å². The van der Waals surface area contributed by atoms with Crippen LogP contribution in [0.2, 0.25) is 5.02 Å². The summed E-state index contributed by atoms with van der Waals surface area (Å²) in [6, 6.07) is 10.1. The van der Waals surface area contributed by atoms with Gasteiger partial charge in [-0.3, -0.25) is 0 Å². The van der Waals surface area contributed by atoms with E-state index in [2.05, 4.69) is 9.97 Å². The molecule has 8 heteroatoms. The fourth-order valence-electron chi connectivity index (χ4n) is 3.22. The summed E-state index contributed by atoms with van der Waals surface area (Å²) in [5, 5.41) is 0.371. The largest absolute Gasteiger partial charge is 0.341 e. The van der Waals surface area contributed by atoms with Crippen molar-refractivity contribution in [3.8, 4) is 0 Å². The average molecular weight is 380 g/mol. The molecule has 130 valence electrons. The number of aromatic amines is 1. The van der Waals surface area contributed by atoms with Crippen molar-refractivity contribution in [1.29, 1.82) is 0 Å². The highest BCUT2D eigenvalue weighted by Crippen LogP contribution is 2.36. The zero-order valence-corrected chi connectivity index (χ0v) is 14.7. The maximum atomic E-state index is 13.4. The van der Waals surface area contributed by atoms with Crippen LogP contribution in [-0.4, -0.2) is 29.2 Å². The van der Waals surface area contributed by atoms with Crippen LogP contribution in [0.3, 0.4) is 0 Å². The van der Waals surface area contributed by atoms with Gasteiger partial charge in [-0.05, 0) is 49.2 Å². The number of halogens is 2. The summed E-state index contributed by atoms with van der Waals surface area (Å²) in [6.45, 7) is 0.408. The first kappa shape index (κ1) is 16.5. The van der Waals surface area contributed by atoms with E-state index in [0.29, 0.717) is 34.8 Å². The minimum absolute atomic E-state index is 0.161. The second kappa shape index (κ2) is 6.09. The van der Waals surface area contributed by atoms with Crippen LogP contribution < -0.4 is 0 Å². The minimum Gasteiger partial charge on any atom is -0.341 e. The summed E-state index contributed by atoms with van der Waals surface area (Å²) < 4.78 is 40.8. The van der Waals surface area contributed by atoms with Crippen molar-refractivity contribution in [3.63, 3.8) is 0 Å². The van der Waals surface area contributed by atoms with Crippen molar-refractivity contribution >= 4 is 32.7 Å². The molecule has 1 aliphatic heterocycles. The molecule has 0 saturated carbocycles. The van der Waals surface area contributed by atoms with E-state index in [1.165, 1.54) is 28.6 Å². The molecular formula is C17H15ClFN3O2S. The molecular weight excluding hydrogens is 365 g/mol. The highest BCUT2D eigenvalue weighted by atomic mass is 35.5. The van der Waals surface area contributed by atoms with Crippen LogP contribution in [0.4, 0.5) is 4.39 Å². The molecule has 1 aliphatic rings. The van der Waals surface area contributed by atoms with E-state index < -0.39 is 16.1 Å². The zero-order chi connectivity index (χ0) is 17.6. The van der Waals surface area contributed by atoms with Gasteiger partial charge in [-0.15, -0.1) is 0 Å². The van der Waals surface area contributed by atoms with Crippen molar-refractivity contribution in [2.45, 2.75) is 23.8 Å². The molecule has 4 rings (SSSR count). The normalized spacial score (nSPS) is 18.9.